The van der Waals surface area contributed by atoms with E-state index in [0.717, 1.165) is 44.9 Å². The molecule has 3 atom stereocenters. The van der Waals surface area contributed by atoms with Crippen molar-refractivity contribution in [2.24, 2.45) is 23.0 Å². The molecule has 0 amide bonds. The Labute approximate surface area is 140 Å². The molecule has 0 aromatic carbocycles. The van der Waals surface area contributed by atoms with E-state index in [2.05, 4.69) is 25.2 Å². The van der Waals surface area contributed by atoms with Crippen LogP contribution in [0, 0.1) is 17.3 Å². The molecule has 0 aromatic heterocycles. The number of esters is 1. The molecule has 3 heteroatoms. The highest BCUT2D eigenvalue weighted by atomic mass is 16.6. The minimum absolute atomic E-state index is 0.0357. The zero-order chi connectivity index (χ0) is 16.3. The Hall–Kier alpha value is -1.09. The molecule has 0 heterocycles. The molecule has 0 aromatic rings. The van der Waals surface area contributed by atoms with Gasteiger partial charge in [-0.1, -0.05) is 50.8 Å². The van der Waals surface area contributed by atoms with Crippen molar-refractivity contribution in [2.45, 2.75) is 70.8 Å². The Balaban J connectivity index is 1.76. The van der Waals surface area contributed by atoms with Crippen molar-refractivity contribution in [3.8, 4) is 0 Å². The fourth-order valence-electron chi connectivity index (χ4n) is 4.47. The molecule has 2 N–H and O–H groups in total. The maximum atomic E-state index is 13.2. The number of allylic oxidation sites excluding steroid dienone is 3. The molecule has 2 fully saturated rings. The maximum Gasteiger partial charge on any atom is 0.316 e. The molecule has 0 bridgehead atoms. The van der Waals surface area contributed by atoms with Gasteiger partial charge in [-0.15, -0.1) is 0 Å². The van der Waals surface area contributed by atoms with Crippen molar-refractivity contribution in [1.82, 2.24) is 0 Å². The van der Waals surface area contributed by atoms with Gasteiger partial charge in [-0.25, -0.2) is 0 Å². The van der Waals surface area contributed by atoms with Crippen LogP contribution >= 0.6 is 0 Å². The van der Waals surface area contributed by atoms with E-state index in [1.165, 1.54) is 18.4 Å². The van der Waals surface area contributed by atoms with Crippen molar-refractivity contribution in [3.63, 3.8) is 0 Å². The molecule has 0 aliphatic heterocycles. The standard InChI is InChI=1S/C20H31NO2/c1-15-17(11-14-21)18(15)23-19(22)20(12-7-2-3-8-13-20)16-9-5-4-6-10-16/h5,9-10,15,17-18H,2-4,6-8,11-14,21H2,1H3. The van der Waals surface area contributed by atoms with Gasteiger partial charge in [-0.3, -0.25) is 4.79 Å². The molecule has 2 saturated carbocycles. The minimum Gasteiger partial charge on any atom is -0.461 e. The maximum absolute atomic E-state index is 13.2. The third-order valence-electron chi connectivity index (χ3n) is 6.11. The molecule has 3 aliphatic rings. The Bertz CT molecular complexity index is 486. The molecule has 3 unspecified atom stereocenters. The van der Waals surface area contributed by atoms with E-state index < -0.39 is 0 Å². The molecule has 0 radical (unpaired) electrons. The van der Waals surface area contributed by atoms with Gasteiger partial charge < -0.3 is 10.5 Å². The van der Waals surface area contributed by atoms with Crippen LogP contribution in [0.2, 0.25) is 0 Å². The second-order valence-electron chi connectivity index (χ2n) is 7.61. The smallest absolute Gasteiger partial charge is 0.316 e. The summed E-state index contributed by atoms with van der Waals surface area (Å²) < 4.78 is 6.02. The van der Waals surface area contributed by atoms with Gasteiger partial charge in [0.25, 0.3) is 0 Å². The van der Waals surface area contributed by atoms with E-state index in [4.69, 9.17) is 10.5 Å². The van der Waals surface area contributed by atoms with Crippen molar-refractivity contribution < 1.29 is 9.53 Å². The van der Waals surface area contributed by atoms with Gasteiger partial charge in [0.1, 0.15) is 6.10 Å². The second kappa shape index (κ2) is 7.21. The lowest BCUT2D eigenvalue weighted by Crippen LogP contribution is -2.35. The number of hydrogen-bond donors (Lipinski definition) is 1. The first-order valence-electron chi connectivity index (χ1n) is 9.47. The number of carbonyl (C=O) groups is 1. The predicted octanol–water partition coefficient (Wildman–Crippen LogP) is 4.13. The Morgan fingerprint density at radius 3 is 2.61 bits per heavy atom. The summed E-state index contributed by atoms with van der Waals surface area (Å²) in [5.74, 6) is 0.984. The summed E-state index contributed by atoms with van der Waals surface area (Å²) in [7, 11) is 0. The van der Waals surface area contributed by atoms with E-state index in [1.807, 2.05) is 0 Å². The number of rotatable bonds is 5. The minimum atomic E-state index is -0.386. The SMILES string of the molecule is CC1C(CCN)C1OC(=O)C1(C2=CCCC=C2)CCCCCC1. The van der Waals surface area contributed by atoms with Gasteiger partial charge in [0.15, 0.2) is 0 Å². The lowest BCUT2D eigenvalue weighted by Gasteiger charge is -2.33. The largest absolute Gasteiger partial charge is 0.461 e. The van der Waals surface area contributed by atoms with E-state index in [1.54, 1.807) is 0 Å². The van der Waals surface area contributed by atoms with E-state index in [-0.39, 0.29) is 17.5 Å². The third kappa shape index (κ3) is 3.40. The van der Waals surface area contributed by atoms with Crippen molar-refractivity contribution in [1.29, 1.82) is 0 Å². The average Bonchev–Trinajstić information content (AvgIpc) is 3.26. The summed E-state index contributed by atoms with van der Waals surface area (Å²) in [4.78, 5) is 13.2. The fraction of sp³-hybridized carbons (Fsp3) is 0.750. The van der Waals surface area contributed by atoms with Gasteiger partial charge in [0, 0.05) is 5.92 Å². The third-order valence-corrected chi connectivity index (χ3v) is 6.11. The van der Waals surface area contributed by atoms with Gasteiger partial charge in [0.05, 0.1) is 5.41 Å². The van der Waals surface area contributed by atoms with E-state index in [0.29, 0.717) is 18.4 Å². The fourth-order valence-corrected chi connectivity index (χ4v) is 4.47. The van der Waals surface area contributed by atoms with Crippen molar-refractivity contribution >= 4 is 5.97 Å². The molecule has 3 nitrogen and oxygen atoms in total. The summed E-state index contributed by atoms with van der Waals surface area (Å²) in [5.41, 5.74) is 6.51. The van der Waals surface area contributed by atoms with Crippen LogP contribution < -0.4 is 5.73 Å². The summed E-state index contributed by atoms with van der Waals surface area (Å²) in [6, 6.07) is 0. The Morgan fingerprint density at radius 1 is 1.26 bits per heavy atom. The van der Waals surface area contributed by atoms with Crippen LogP contribution in [-0.4, -0.2) is 18.6 Å². The summed E-state index contributed by atoms with van der Waals surface area (Å²) >= 11 is 0. The number of carbonyl (C=O) groups excluding carboxylic acids is 1. The van der Waals surface area contributed by atoms with E-state index >= 15 is 0 Å². The Morgan fingerprint density at radius 2 is 2.00 bits per heavy atom. The lowest BCUT2D eigenvalue weighted by molar-refractivity contribution is -0.156. The highest BCUT2D eigenvalue weighted by molar-refractivity contribution is 5.82. The first-order chi connectivity index (χ1) is 11.2. The van der Waals surface area contributed by atoms with Gasteiger partial charge >= 0.3 is 5.97 Å². The molecular formula is C20H31NO2. The zero-order valence-corrected chi connectivity index (χ0v) is 14.4. The Kier molecular flexibility index (Phi) is 5.25. The lowest BCUT2D eigenvalue weighted by atomic mass is 9.72. The normalized spacial score (nSPS) is 32.8. The highest BCUT2D eigenvalue weighted by Gasteiger charge is 2.52. The van der Waals surface area contributed by atoms with Crippen molar-refractivity contribution in [3.05, 3.63) is 23.8 Å². The van der Waals surface area contributed by atoms with Crippen LogP contribution in [-0.2, 0) is 9.53 Å². The molecule has 3 rings (SSSR count). The van der Waals surface area contributed by atoms with Crippen LogP contribution in [0.5, 0.6) is 0 Å². The van der Waals surface area contributed by atoms with Gasteiger partial charge in [0.2, 0.25) is 0 Å². The molecule has 23 heavy (non-hydrogen) atoms. The van der Waals surface area contributed by atoms with E-state index in [9.17, 15) is 4.79 Å². The quantitative estimate of drug-likeness (QED) is 0.613. The first-order valence-corrected chi connectivity index (χ1v) is 9.47. The number of nitrogens with two attached hydrogens (primary N) is 1. The molecule has 0 spiro atoms. The van der Waals surface area contributed by atoms with Gasteiger partial charge in [-0.05, 0) is 50.1 Å². The molecule has 3 aliphatic carbocycles. The summed E-state index contributed by atoms with van der Waals surface area (Å²) in [6.07, 6.45) is 16.5. The number of hydrogen-bond acceptors (Lipinski definition) is 3. The predicted molar refractivity (Wildman–Crippen MR) is 92.8 cm³/mol. The summed E-state index contributed by atoms with van der Waals surface area (Å²) in [6.45, 7) is 2.86. The molecule has 0 saturated heterocycles. The van der Waals surface area contributed by atoms with Crippen LogP contribution in [0.1, 0.15) is 64.7 Å². The highest BCUT2D eigenvalue weighted by Crippen LogP contribution is 2.49. The summed E-state index contributed by atoms with van der Waals surface area (Å²) in [5, 5.41) is 0. The topological polar surface area (TPSA) is 52.3 Å². The van der Waals surface area contributed by atoms with Gasteiger partial charge in [-0.2, -0.15) is 0 Å². The van der Waals surface area contributed by atoms with Crippen molar-refractivity contribution in [2.75, 3.05) is 6.54 Å². The van der Waals surface area contributed by atoms with Crippen LogP contribution in [0.3, 0.4) is 0 Å². The van der Waals surface area contributed by atoms with Crippen LogP contribution in [0.15, 0.2) is 23.8 Å². The molecular weight excluding hydrogens is 286 g/mol. The number of ether oxygens (including phenoxy) is 1. The van der Waals surface area contributed by atoms with Crippen LogP contribution in [0.25, 0.3) is 0 Å². The first kappa shape index (κ1) is 16.8. The van der Waals surface area contributed by atoms with Crippen LogP contribution in [0.4, 0.5) is 0 Å². The monoisotopic (exact) mass is 317 g/mol. The second-order valence-corrected chi connectivity index (χ2v) is 7.61. The molecule has 128 valence electrons. The zero-order valence-electron chi connectivity index (χ0n) is 14.4. The average molecular weight is 317 g/mol.